The third kappa shape index (κ3) is 6.53. The van der Waals surface area contributed by atoms with Crippen LogP contribution in [0.25, 0.3) is 11.2 Å². The fraction of sp³-hybridized carbons (Fsp3) is 0.440. The quantitative estimate of drug-likeness (QED) is 0.170. The van der Waals surface area contributed by atoms with E-state index in [0.717, 1.165) is 33.8 Å². The number of H-pyrrole nitrogens is 1. The first-order valence-electron chi connectivity index (χ1n) is 12.2. The molecular formula is C25H29FN5O7PS. The largest absolute Gasteiger partial charge is 0.405 e. The van der Waals surface area contributed by atoms with Gasteiger partial charge in [0.2, 0.25) is 5.67 Å². The maximum Gasteiger partial charge on any atom is 0.405 e. The molecule has 1 unspecified atom stereocenters. The molecule has 1 fully saturated rings. The van der Waals surface area contributed by atoms with E-state index in [1.54, 1.807) is 6.92 Å². The van der Waals surface area contributed by atoms with Crippen LogP contribution in [0.4, 0.5) is 4.39 Å². The van der Waals surface area contributed by atoms with Crippen molar-refractivity contribution in [3.8, 4) is 12.3 Å². The summed E-state index contributed by atoms with van der Waals surface area (Å²) >= 11 is 0.992. The molecule has 0 bridgehead atoms. The highest BCUT2D eigenvalue weighted by Crippen LogP contribution is 2.47. The van der Waals surface area contributed by atoms with Gasteiger partial charge in [0.15, 0.2) is 22.5 Å². The molecule has 3 N–H and O–H groups in total. The summed E-state index contributed by atoms with van der Waals surface area (Å²) in [6, 6.07) is 7.46. The van der Waals surface area contributed by atoms with Crippen molar-refractivity contribution in [2.45, 2.75) is 51.4 Å². The Balaban J connectivity index is 1.52. The van der Waals surface area contributed by atoms with E-state index < -0.39 is 44.0 Å². The van der Waals surface area contributed by atoms with E-state index in [-0.39, 0.29) is 41.0 Å². The van der Waals surface area contributed by atoms with Crippen LogP contribution >= 0.6 is 19.5 Å². The number of aromatic nitrogens is 4. The average molecular weight is 594 g/mol. The molecule has 40 heavy (non-hydrogen) atoms. The van der Waals surface area contributed by atoms with Crippen molar-refractivity contribution >= 4 is 35.8 Å². The number of hydrogen-bond acceptors (Lipinski definition) is 10. The normalized spacial score (nSPS) is 24.1. The van der Waals surface area contributed by atoms with Gasteiger partial charge in [-0.05, 0) is 19.4 Å². The lowest BCUT2D eigenvalue weighted by Gasteiger charge is -2.24. The van der Waals surface area contributed by atoms with Crippen LogP contribution in [0.1, 0.15) is 30.1 Å². The fourth-order valence-corrected chi connectivity index (χ4v) is 5.94. The molecule has 0 radical (unpaired) electrons. The minimum Gasteiger partial charge on any atom is -0.386 e. The molecule has 1 aromatic carbocycles. The predicted octanol–water partition coefficient (Wildman–Crippen LogP) is 2.55. The monoisotopic (exact) mass is 593 g/mol. The maximum atomic E-state index is 16.0. The lowest BCUT2D eigenvalue weighted by molar-refractivity contribution is -0.109. The molecule has 0 amide bonds. The standard InChI is InChI=1S/C25H29FN5O7PS/c1-5-25(26)21(33)19(38-24(25)31-14-27-20-22(31)29-16(3)30-23(20)34)13-37-39(35,36-10-11-40-17(4)32)28-12-18-8-6-15(2)7-9-18/h1,6-9,14,19,21,24,33H,10-13H2,2-4H3,(H,28,35)(H,29,30,34)/t19-,21-,24-,25-,39?/m1/s1. The summed E-state index contributed by atoms with van der Waals surface area (Å²) < 4.78 is 47.5. The number of halogens is 1. The highest BCUT2D eigenvalue weighted by molar-refractivity contribution is 8.13. The van der Waals surface area contributed by atoms with Gasteiger partial charge in [0, 0.05) is 19.2 Å². The smallest absolute Gasteiger partial charge is 0.386 e. The molecule has 3 aromatic rings. The number of alkyl halides is 1. The fourth-order valence-electron chi connectivity index (χ4n) is 4.06. The Morgan fingerprint density at radius 1 is 1.38 bits per heavy atom. The zero-order valence-corrected chi connectivity index (χ0v) is 23.7. The van der Waals surface area contributed by atoms with Crippen molar-refractivity contribution in [2.24, 2.45) is 0 Å². The lowest BCUT2D eigenvalue weighted by atomic mass is 9.97. The van der Waals surface area contributed by atoms with Gasteiger partial charge >= 0.3 is 7.75 Å². The summed E-state index contributed by atoms with van der Waals surface area (Å²) in [4.78, 5) is 34.2. The van der Waals surface area contributed by atoms with E-state index in [4.69, 9.17) is 20.2 Å². The molecular weight excluding hydrogens is 564 g/mol. The number of carbonyl (C=O) groups is 1. The zero-order valence-electron chi connectivity index (χ0n) is 22.0. The van der Waals surface area contributed by atoms with Crippen LogP contribution < -0.4 is 10.6 Å². The van der Waals surface area contributed by atoms with Gasteiger partial charge in [-0.2, -0.15) is 0 Å². The molecule has 1 saturated heterocycles. The van der Waals surface area contributed by atoms with Gasteiger partial charge in [0.25, 0.3) is 5.56 Å². The average Bonchev–Trinajstić information content (AvgIpc) is 3.44. The summed E-state index contributed by atoms with van der Waals surface area (Å²) in [5, 5.41) is 13.4. The van der Waals surface area contributed by atoms with Crippen LogP contribution in [0, 0.1) is 26.2 Å². The van der Waals surface area contributed by atoms with Crippen molar-refractivity contribution in [1.29, 1.82) is 0 Å². The van der Waals surface area contributed by atoms with Crippen LogP contribution in [-0.4, -0.2) is 66.6 Å². The van der Waals surface area contributed by atoms with Crippen molar-refractivity contribution in [1.82, 2.24) is 24.6 Å². The summed E-state index contributed by atoms with van der Waals surface area (Å²) in [5.74, 6) is 2.42. The maximum absolute atomic E-state index is 16.0. The molecule has 0 aliphatic carbocycles. The number of nitrogens with one attached hydrogen (secondary N) is 2. The number of thioether (sulfide) groups is 1. The van der Waals surface area contributed by atoms with Crippen molar-refractivity contribution in [3.05, 3.63) is 57.9 Å². The number of aryl methyl sites for hydroxylation is 2. The van der Waals surface area contributed by atoms with Gasteiger partial charge in [-0.1, -0.05) is 47.5 Å². The molecule has 15 heteroatoms. The number of aliphatic hydroxyl groups is 1. The van der Waals surface area contributed by atoms with Gasteiger partial charge in [0.05, 0.1) is 19.5 Å². The Morgan fingerprint density at radius 3 is 2.77 bits per heavy atom. The van der Waals surface area contributed by atoms with Crippen LogP contribution in [0.3, 0.4) is 0 Å². The van der Waals surface area contributed by atoms with E-state index in [9.17, 15) is 19.3 Å². The van der Waals surface area contributed by atoms with E-state index >= 15 is 4.39 Å². The highest BCUT2D eigenvalue weighted by Gasteiger charge is 2.58. The number of carbonyl (C=O) groups excluding carboxylic acids is 1. The van der Waals surface area contributed by atoms with Gasteiger partial charge in [0.1, 0.15) is 18.0 Å². The third-order valence-corrected chi connectivity index (χ3v) is 8.46. The first-order chi connectivity index (χ1) is 19.0. The van der Waals surface area contributed by atoms with Crippen LogP contribution in [0.15, 0.2) is 35.4 Å². The molecule has 5 atom stereocenters. The number of rotatable bonds is 11. The highest BCUT2D eigenvalue weighted by atomic mass is 32.2. The number of aromatic amines is 1. The molecule has 214 valence electrons. The van der Waals surface area contributed by atoms with Gasteiger partial charge in [-0.3, -0.25) is 23.2 Å². The molecule has 2 aromatic heterocycles. The Labute approximate surface area is 233 Å². The molecule has 3 heterocycles. The Hall–Kier alpha value is -2.89. The number of benzene rings is 1. The number of aliphatic hydroxyl groups excluding tert-OH is 1. The number of fused-ring (bicyclic) bond motifs is 1. The van der Waals surface area contributed by atoms with E-state index in [0.29, 0.717) is 0 Å². The minimum absolute atomic E-state index is 0.00836. The molecule has 4 rings (SSSR count). The summed E-state index contributed by atoms with van der Waals surface area (Å²) in [7, 11) is -4.03. The molecule has 1 aliphatic rings. The van der Waals surface area contributed by atoms with Crippen molar-refractivity contribution in [2.75, 3.05) is 19.0 Å². The second-order valence-corrected chi connectivity index (χ2v) is 12.2. The minimum atomic E-state index is -4.03. The van der Waals surface area contributed by atoms with Crippen molar-refractivity contribution in [3.63, 3.8) is 0 Å². The predicted molar refractivity (Wildman–Crippen MR) is 146 cm³/mol. The topological polar surface area (TPSA) is 158 Å². The first kappa shape index (κ1) is 30.1. The lowest BCUT2D eigenvalue weighted by Crippen LogP contribution is -2.42. The Kier molecular flexibility index (Phi) is 9.26. The molecule has 0 spiro atoms. The van der Waals surface area contributed by atoms with Gasteiger partial charge in [-0.25, -0.2) is 24.0 Å². The van der Waals surface area contributed by atoms with Gasteiger partial charge < -0.3 is 14.8 Å². The van der Waals surface area contributed by atoms with Crippen molar-refractivity contribution < 1.29 is 32.6 Å². The number of nitrogens with zero attached hydrogens (tertiary/aromatic N) is 3. The summed E-state index contributed by atoms with van der Waals surface area (Å²) in [6.07, 6.45) is 1.73. The number of terminal acetylenes is 1. The third-order valence-electron chi connectivity index (χ3n) is 6.13. The second-order valence-electron chi connectivity index (χ2n) is 9.15. The van der Waals surface area contributed by atoms with E-state index in [1.807, 2.05) is 37.1 Å². The molecule has 0 saturated carbocycles. The Bertz CT molecular complexity index is 1520. The zero-order chi connectivity index (χ0) is 29.1. The number of imidazole rings is 1. The summed E-state index contributed by atoms with van der Waals surface area (Å²) in [6.45, 7) is 4.34. The number of ether oxygens (including phenoxy) is 1. The molecule has 1 aliphatic heterocycles. The SMILES string of the molecule is C#C[C@@]1(F)[C@H](O)[C@@H](COP(=O)(NCc2ccc(C)cc2)OCCSC(C)=O)O[C@H]1n1cnc2c(=O)[nH]c(C)nc21. The second kappa shape index (κ2) is 12.3. The van der Waals surface area contributed by atoms with E-state index in [2.05, 4.69) is 20.0 Å². The summed E-state index contributed by atoms with van der Waals surface area (Å²) in [5.41, 5.74) is -1.51. The Morgan fingerprint density at radius 2 is 2.10 bits per heavy atom. The first-order valence-corrected chi connectivity index (χ1v) is 14.8. The van der Waals surface area contributed by atoms with Gasteiger partial charge in [-0.15, -0.1) is 6.42 Å². The van der Waals surface area contributed by atoms with E-state index in [1.165, 1.54) is 6.92 Å². The van der Waals surface area contributed by atoms with Crippen LogP contribution in [0.2, 0.25) is 0 Å². The molecule has 12 nitrogen and oxygen atoms in total. The van der Waals surface area contributed by atoms with Crippen LogP contribution in [0.5, 0.6) is 0 Å². The van der Waals surface area contributed by atoms with Crippen LogP contribution in [-0.2, 0) is 29.7 Å². The number of hydrogen-bond donors (Lipinski definition) is 3.